The lowest BCUT2D eigenvalue weighted by Gasteiger charge is -2.23. The molecule has 0 heterocycles. The highest BCUT2D eigenvalue weighted by atomic mass is 16.2. The molecule has 0 bridgehead atoms. The summed E-state index contributed by atoms with van der Waals surface area (Å²) in [6.07, 6.45) is 0. The van der Waals surface area contributed by atoms with Crippen molar-refractivity contribution < 1.29 is 9.59 Å². The van der Waals surface area contributed by atoms with Crippen molar-refractivity contribution in [3.8, 4) is 0 Å². The molecule has 17 heavy (non-hydrogen) atoms. The molecule has 0 saturated carbocycles. The lowest BCUT2D eigenvalue weighted by atomic mass is 9.91. The van der Waals surface area contributed by atoms with Crippen LogP contribution in [0.25, 0.3) is 0 Å². The van der Waals surface area contributed by atoms with Crippen LogP contribution in [0.4, 0.5) is 0 Å². The number of nitrogens with one attached hydrogen (secondary N) is 1. The van der Waals surface area contributed by atoms with Gasteiger partial charge in [0.25, 0.3) is 0 Å². The summed E-state index contributed by atoms with van der Waals surface area (Å²) in [4.78, 5) is 23.0. The first kappa shape index (κ1) is 13.2. The van der Waals surface area contributed by atoms with E-state index in [0.717, 1.165) is 5.56 Å². The normalized spacial score (nSPS) is 12.9. The molecule has 0 saturated heterocycles. The van der Waals surface area contributed by atoms with Gasteiger partial charge in [-0.15, -0.1) is 0 Å². The maximum Gasteiger partial charge on any atom is 0.235 e. The van der Waals surface area contributed by atoms with E-state index in [2.05, 4.69) is 5.32 Å². The Labute approximate surface area is 101 Å². The van der Waals surface area contributed by atoms with Gasteiger partial charge in [0.2, 0.25) is 11.8 Å². The monoisotopic (exact) mass is 234 g/mol. The van der Waals surface area contributed by atoms with Crippen molar-refractivity contribution in [1.29, 1.82) is 0 Å². The van der Waals surface area contributed by atoms with Gasteiger partial charge in [0.1, 0.15) is 5.41 Å². The summed E-state index contributed by atoms with van der Waals surface area (Å²) < 4.78 is 0. The molecule has 2 amide bonds. The summed E-state index contributed by atoms with van der Waals surface area (Å²) in [5.41, 5.74) is 4.98. The van der Waals surface area contributed by atoms with Crippen molar-refractivity contribution in [3.63, 3.8) is 0 Å². The van der Waals surface area contributed by atoms with Gasteiger partial charge < -0.3 is 11.1 Å². The summed E-state index contributed by atoms with van der Waals surface area (Å²) in [6.45, 7) is 4.90. The maximum atomic E-state index is 11.9. The highest BCUT2D eigenvalue weighted by molar-refractivity contribution is 6.03. The number of carbonyl (C=O) groups is 2. The number of amides is 2. The third-order valence-corrected chi connectivity index (χ3v) is 2.83. The molecular weight excluding hydrogens is 216 g/mol. The van der Waals surface area contributed by atoms with Crippen LogP contribution >= 0.6 is 0 Å². The molecule has 1 aromatic carbocycles. The predicted molar refractivity (Wildman–Crippen MR) is 66.0 cm³/mol. The predicted octanol–water partition coefficient (Wildman–Crippen LogP) is 1.38. The third kappa shape index (κ3) is 3.06. The second-order valence-electron chi connectivity index (χ2n) is 4.60. The largest absolute Gasteiger partial charge is 0.369 e. The molecule has 0 aliphatic heterocycles. The van der Waals surface area contributed by atoms with Crippen LogP contribution < -0.4 is 11.1 Å². The van der Waals surface area contributed by atoms with Crippen LogP contribution in [-0.2, 0) is 9.59 Å². The van der Waals surface area contributed by atoms with E-state index in [1.165, 1.54) is 13.8 Å². The van der Waals surface area contributed by atoms with Gasteiger partial charge in [-0.25, -0.2) is 0 Å². The molecule has 1 rings (SSSR count). The first-order valence-corrected chi connectivity index (χ1v) is 5.51. The summed E-state index contributed by atoms with van der Waals surface area (Å²) in [7, 11) is 0. The highest BCUT2D eigenvalue weighted by Gasteiger charge is 2.34. The van der Waals surface area contributed by atoms with E-state index in [4.69, 9.17) is 5.73 Å². The molecule has 0 unspecified atom stereocenters. The Balaban J connectivity index is 2.74. The summed E-state index contributed by atoms with van der Waals surface area (Å²) in [5, 5.41) is 2.78. The fourth-order valence-electron chi connectivity index (χ4n) is 1.31. The van der Waals surface area contributed by atoms with Crippen LogP contribution in [0.15, 0.2) is 30.3 Å². The van der Waals surface area contributed by atoms with Crippen LogP contribution in [0.1, 0.15) is 32.4 Å². The fraction of sp³-hybridized carbons (Fsp3) is 0.385. The molecule has 0 radical (unpaired) electrons. The van der Waals surface area contributed by atoms with Gasteiger partial charge in [0.15, 0.2) is 0 Å². The molecule has 0 spiro atoms. The first-order chi connectivity index (χ1) is 7.85. The second kappa shape index (κ2) is 4.99. The minimum atomic E-state index is -1.19. The Morgan fingerprint density at radius 3 is 2.24 bits per heavy atom. The van der Waals surface area contributed by atoms with Crippen molar-refractivity contribution in [2.45, 2.75) is 26.8 Å². The van der Waals surface area contributed by atoms with Gasteiger partial charge in [0.05, 0.1) is 6.04 Å². The number of primary amides is 1. The van der Waals surface area contributed by atoms with Crippen LogP contribution in [0.2, 0.25) is 0 Å². The molecule has 0 aliphatic rings. The molecular formula is C13H18N2O2. The zero-order valence-electron chi connectivity index (χ0n) is 10.4. The third-order valence-electron chi connectivity index (χ3n) is 2.83. The summed E-state index contributed by atoms with van der Waals surface area (Å²) >= 11 is 0. The van der Waals surface area contributed by atoms with Crippen molar-refractivity contribution in [2.75, 3.05) is 0 Å². The van der Waals surface area contributed by atoms with E-state index in [1.54, 1.807) is 0 Å². The molecule has 92 valence electrons. The molecule has 1 atom stereocenters. The Morgan fingerprint density at radius 1 is 1.24 bits per heavy atom. The topological polar surface area (TPSA) is 72.2 Å². The number of hydrogen-bond donors (Lipinski definition) is 2. The van der Waals surface area contributed by atoms with Crippen LogP contribution in [-0.4, -0.2) is 11.8 Å². The maximum absolute atomic E-state index is 11.9. The van der Waals surface area contributed by atoms with Crippen molar-refractivity contribution in [3.05, 3.63) is 35.9 Å². The van der Waals surface area contributed by atoms with E-state index in [-0.39, 0.29) is 11.9 Å². The Bertz CT molecular complexity index is 413. The quantitative estimate of drug-likeness (QED) is 0.772. The highest BCUT2D eigenvalue weighted by Crippen LogP contribution is 2.18. The van der Waals surface area contributed by atoms with Crippen molar-refractivity contribution >= 4 is 11.8 Å². The molecule has 0 aliphatic carbocycles. The van der Waals surface area contributed by atoms with E-state index in [9.17, 15) is 9.59 Å². The van der Waals surface area contributed by atoms with E-state index >= 15 is 0 Å². The molecule has 0 fully saturated rings. The molecule has 4 nitrogen and oxygen atoms in total. The van der Waals surface area contributed by atoms with Crippen LogP contribution in [0, 0.1) is 5.41 Å². The van der Waals surface area contributed by atoms with Crippen molar-refractivity contribution in [1.82, 2.24) is 5.32 Å². The van der Waals surface area contributed by atoms with E-state index in [1.807, 2.05) is 37.3 Å². The van der Waals surface area contributed by atoms with E-state index < -0.39 is 11.3 Å². The number of nitrogens with two attached hydrogens (primary N) is 1. The molecule has 1 aromatic rings. The van der Waals surface area contributed by atoms with Gasteiger partial charge >= 0.3 is 0 Å². The summed E-state index contributed by atoms with van der Waals surface area (Å²) in [6, 6.07) is 9.40. The van der Waals surface area contributed by atoms with Gasteiger partial charge in [-0.2, -0.15) is 0 Å². The lowest BCUT2D eigenvalue weighted by molar-refractivity contribution is -0.139. The Morgan fingerprint density at radius 2 is 1.76 bits per heavy atom. The number of rotatable bonds is 4. The number of benzene rings is 1. The number of carbonyl (C=O) groups excluding carboxylic acids is 2. The molecule has 0 aromatic heterocycles. The van der Waals surface area contributed by atoms with Gasteiger partial charge in [0, 0.05) is 0 Å². The number of hydrogen-bond acceptors (Lipinski definition) is 2. The SMILES string of the molecule is C[C@H](NC(=O)C(C)(C)C(N)=O)c1ccccc1. The van der Waals surface area contributed by atoms with Gasteiger partial charge in [-0.3, -0.25) is 9.59 Å². The molecule has 4 heteroatoms. The van der Waals surface area contributed by atoms with Gasteiger partial charge in [-0.1, -0.05) is 30.3 Å². The minimum Gasteiger partial charge on any atom is -0.369 e. The second-order valence-corrected chi connectivity index (χ2v) is 4.60. The zero-order valence-corrected chi connectivity index (χ0v) is 10.4. The Kier molecular flexibility index (Phi) is 3.89. The Hall–Kier alpha value is -1.84. The summed E-state index contributed by atoms with van der Waals surface area (Å²) in [5.74, 6) is -0.989. The fourth-order valence-corrected chi connectivity index (χ4v) is 1.31. The first-order valence-electron chi connectivity index (χ1n) is 5.51. The van der Waals surface area contributed by atoms with Crippen molar-refractivity contribution in [2.24, 2.45) is 11.1 Å². The molecule has 3 N–H and O–H groups in total. The lowest BCUT2D eigenvalue weighted by Crippen LogP contribution is -2.46. The van der Waals surface area contributed by atoms with Crippen LogP contribution in [0.5, 0.6) is 0 Å². The standard InChI is InChI=1S/C13H18N2O2/c1-9(10-7-5-4-6-8-10)15-12(17)13(2,3)11(14)16/h4-9H,1-3H3,(H2,14,16)(H,15,17)/t9-/m0/s1. The minimum absolute atomic E-state index is 0.151. The average Bonchev–Trinajstić information content (AvgIpc) is 2.29. The smallest absolute Gasteiger partial charge is 0.235 e. The average molecular weight is 234 g/mol. The zero-order chi connectivity index (χ0) is 13.1. The van der Waals surface area contributed by atoms with E-state index in [0.29, 0.717) is 0 Å². The van der Waals surface area contributed by atoms with Crippen LogP contribution in [0.3, 0.4) is 0 Å². The van der Waals surface area contributed by atoms with Gasteiger partial charge in [-0.05, 0) is 26.3 Å².